The zero-order valence-electron chi connectivity index (χ0n) is 9.38. The third-order valence-corrected chi connectivity index (χ3v) is 2.57. The molecule has 74 valence electrons. The van der Waals surface area contributed by atoms with E-state index in [9.17, 15) is 4.91 Å². The molecule has 3 nitrogen and oxygen atoms in total. The third kappa shape index (κ3) is 1.40. The van der Waals surface area contributed by atoms with Gasteiger partial charge in [-0.1, -0.05) is 13.8 Å². The van der Waals surface area contributed by atoms with Crippen LogP contribution in [-0.4, -0.2) is 21.7 Å². The molecule has 0 aromatic rings. The Balaban J connectivity index is 3.17. The molecule has 0 aliphatic carbocycles. The van der Waals surface area contributed by atoms with Crippen LogP contribution in [0, 0.1) is 10.8 Å². The predicted octanol–water partition coefficient (Wildman–Crippen LogP) is 2.39. The van der Waals surface area contributed by atoms with Crippen molar-refractivity contribution in [2.75, 3.05) is 0 Å². The lowest BCUT2D eigenvalue weighted by Crippen LogP contribution is -2.44. The minimum absolute atomic E-state index is 0.341. The van der Waals surface area contributed by atoms with Crippen LogP contribution in [0.5, 0.6) is 0 Å². The third-order valence-electron chi connectivity index (χ3n) is 2.57. The zero-order valence-corrected chi connectivity index (χ0v) is 9.38. The molecular weight excluding hydrogens is 164 g/mol. The van der Waals surface area contributed by atoms with Crippen LogP contribution in [0.25, 0.3) is 0 Å². The van der Waals surface area contributed by atoms with E-state index in [4.69, 9.17) is 0 Å². The minimum Gasteiger partial charge on any atom is -0.213 e. The van der Waals surface area contributed by atoms with Crippen LogP contribution < -0.4 is 0 Å². The maximum atomic E-state index is 11.9. The summed E-state index contributed by atoms with van der Waals surface area (Å²) in [7, 11) is 0. The van der Waals surface area contributed by atoms with Gasteiger partial charge in [0.2, 0.25) is 5.54 Å². The normalized spacial score (nSPS) is 25.2. The Bertz CT molecular complexity index is 275. The van der Waals surface area contributed by atoms with E-state index < -0.39 is 11.2 Å². The molecule has 1 aliphatic heterocycles. The van der Waals surface area contributed by atoms with Gasteiger partial charge in [0, 0.05) is 37.4 Å². The lowest BCUT2D eigenvalue weighted by molar-refractivity contribution is -0.653. The summed E-state index contributed by atoms with van der Waals surface area (Å²) in [6.07, 6.45) is 0. The van der Waals surface area contributed by atoms with Gasteiger partial charge in [-0.15, -0.1) is 0 Å². The Morgan fingerprint density at radius 1 is 1.23 bits per heavy atom. The van der Waals surface area contributed by atoms with E-state index in [1.807, 2.05) is 27.7 Å². The molecular formula is C10H19N2O+. The molecule has 0 amide bonds. The molecule has 0 aromatic heterocycles. The molecule has 0 atom stereocenters. The quantitative estimate of drug-likeness (QED) is 0.574. The van der Waals surface area contributed by atoms with Crippen LogP contribution in [0.3, 0.4) is 0 Å². The molecule has 0 fully saturated rings. The molecule has 1 heterocycles. The summed E-state index contributed by atoms with van der Waals surface area (Å²) >= 11 is 0. The maximum absolute atomic E-state index is 11.9. The average Bonchev–Trinajstić information content (AvgIpc) is 2.11. The van der Waals surface area contributed by atoms with Gasteiger partial charge in [-0.25, -0.2) is 4.99 Å². The second-order valence-electron chi connectivity index (χ2n) is 5.00. The van der Waals surface area contributed by atoms with Crippen LogP contribution in [0.1, 0.15) is 41.5 Å². The first-order chi connectivity index (χ1) is 5.69. The second-order valence-corrected chi connectivity index (χ2v) is 5.00. The van der Waals surface area contributed by atoms with E-state index in [-0.39, 0.29) is 0 Å². The summed E-state index contributed by atoms with van der Waals surface area (Å²) in [4.78, 5) is 16.3. The fourth-order valence-corrected chi connectivity index (χ4v) is 2.10. The predicted molar refractivity (Wildman–Crippen MR) is 54.1 cm³/mol. The maximum Gasteiger partial charge on any atom is 0.298 e. The Hall–Kier alpha value is -0.730. The van der Waals surface area contributed by atoms with E-state index in [1.165, 1.54) is 0 Å². The minimum atomic E-state index is -0.594. The highest BCUT2D eigenvalue weighted by atomic mass is 16.3. The molecule has 0 aromatic carbocycles. The number of hydrogen-bond acceptors (Lipinski definition) is 2. The van der Waals surface area contributed by atoms with Crippen LogP contribution in [-0.2, 0) is 0 Å². The van der Waals surface area contributed by atoms with Crippen molar-refractivity contribution in [1.29, 1.82) is 0 Å². The summed E-state index contributed by atoms with van der Waals surface area (Å²) in [6.45, 7) is 11.8. The SMILES string of the molecule is CC(C)C1=NC(C)(C)[N+](=O)C1(C)C. The van der Waals surface area contributed by atoms with Gasteiger partial charge < -0.3 is 0 Å². The van der Waals surface area contributed by atoms with E-state index >= 15 is 0 Å². The summed E-state index contributed by atoms with van der Waals surface area (Å²) in [5.41, 5.74) is -0.0340. The number of rotatable bonds is 1. The fourth-order valence-electron chi connectivity index (χ4n) is 2.10. The van der Waals surface area contributed by atoms with Crippen molar-refractivity contribution in [3.63, 3.8) is 0 Å². The summed E-state index contributed by atoms with van der Waals surface area (Å²) in [5, 5.41) is 0. The average molecular weight is 183 g/mol. The number of nitroso groups, excluding NO2 is 1. The van der Waals surface area contributed by atoms with Crippen molar-refractivity contribution < 1.29 is 4.76 Å². The van der Waals surface area contributed by atoms with Crippen molar-refractivity contribution in [2.45, 2.75) is 52.7 Å². The van der Waals surface area contributed by atoms with Crippen molar-refractivity contribution in [3.05, 3.63) is 4.91 Å². The van der Waals surface area contributed by atoms with Crippen LogP contribution in [0.4, 0.5) is 0 Å². The summed E-state index contributed by atoms with van der Waals surface area (Å²) < 4.78 is 1.09. The topological polar surface area (TPSA) is 32.4 Å². The van der Waals surface area contributed by atoms with E-state index in [1.54, 1.807) is 0 Å². The first-order valence-corrected chi connectivity index (χ1v) is 4.77. The van der Waals surface area contributed by atoms with Gasteiger partial charge in [-0.2, -0.15) is 0 Å². The molecule has 0 spiro atoms. The fraction of sp³-hybridized carbons (Fsp3) is 0.900. The first kappa shape index (κ1) is 10.4. The largest absolute Gasteiger partial charge is 0.298 e. The molecule has 0 N–H and O–H groups in total. The van der Waals surface area contributed by atoms with Crippen LogP contribution in [0.2, 0.25) is 0 Å². The van der Waals surface area contributed by atoms with E-state index in [0.29, 0.717) is 5.92 Å². The summed E-state index contributed by atoms with van der Waals surface area (Å²) in [6, 6.07) is 0. The highest BCUT2D eigenvalue weighted by molar-refractivity contribution is 5.94. The monoisotopic (exact) mass is 183 g/mol. The zero-order chi connectivity index (χ0) is 10.4. The van der Waals surface area contributed by atoms with E-state index in [0.717, 1.165) is 10.5 Å². The van der Waals surface area contributed by atoms with Gasteiger partial charge in [0.05, 0.1) is 5.71 Å². The summed E-state index contributed by atoms with van der Waals surface area (Å²) in [5.74, 6) is 0.341. The van der Waals surface area contributed by atoms with Crippen molar-refractivity contribution in [3.8, 4) is 0 Å². The van der Waals surface area contributed by atoms with Gasteiger partial charge in [0.1, 0.15) is 0 Å². The second kappa shape index (κ2) is 2.63. The highest BCUT2D eigenvalue weighted by Crippen LogP contribution is 2.32. The molecule has 0 radical (unpaired) electrons. The number of nitrogens with zero attached hydrogens (tertiary/aromatic N) is 2. The van der Waals surface area contributed by atoms with Crippen molar-refractivity contribution >= 4 is 5.71 Å². The Kier molecular flexibility index (Phi) is 2.09. The van der Waals surface area contributed by atoms with E-state index in [2.05, 4.69) is 18.8 Å². The first-order valence-electron chi connectivity index (χ1n) is 4.77. The van der Waals surface area contributed by atoms with Gasteiger partial charge in [0.25, 0.3) is 5.66 Å². The molecule has 0 saturated carbocycles. The van der Waals surface area contributed by atoms with Crippen molar-refractivity contribution in [2.24, 2.45) is 10.9 Å². The molecule has 3 heteroatoms. The molecule has 0 bridgehead atoms. The molecule has 13 heavy (non-hydrogen) atoms. The number of hydrogen-bond donors (Lipinski definition) is 0. The smallest absolute Gasteiger partial charge is 0.213 e. The Morgan fingerprint density at radius 2 is 1.69 bits per heavy atom. The molecule has 0 unspecified atom stereocenters. The van der Waals surface area contributed by atoms with Gasteiger partial charge in [-0.05, 0) is 5.92 Å². The van der Waals surface area contributed by atoms with Gasteiger partial charge >= 0.3 is 0 Å². The van der Waals surface area contributed by atoms with Crippen molar-refractivity contribution in [1.82, 2.24) is 0 Å². The number of aliphatic imine (C=N–C) groups is 1. The lowest BCUT2D eigenvalue weighted by atomic mass is 9.91. The molecule has 1 rings (SSSR count). The lowest BCUT2D eigenvalue weighted by Gasteiger charge is -2.15. The van der Waals surface area contributed by atoms with Crippen LogP contribution >= 0.6 is 0 Å². The molecule has 0 saturated heterocycles. The molecule has 1 aliphatic rings. The van der Waals surface area contributed by atoms with Gasteiger partial charge in [0.15, 0.2) is 0 Å². The highest BCUT2D eigenvalue weighted by Gasteiger charge is 2.57. The standard InChI is InChI=1S/C10H19N2O/c1-7(2)8-9(3,4)12(13)10(5,6)11-8/h7H,1-6H3/q+1. The Morgan fingerprint density at radius 3 is 1.85 bits per heavy atom. The Labute approximate surface area is 79.8 Å². The van der Waals surface area contributed by atoms with Crippen LogP contribution in [0.15, 0.2) is 4.99 Å². The van der Waals surface area contributed by atoms with Gasteiger partial charge in [-0.3, -0.25) is 0 Å².